The van der Waals surface area contributed by atoms with Crippen LogP contribution in [0.3, 0.4) is 0 Å². The third-order valence-corrected chi connectivity index (χ3v) is 5.32. The second kappa shape index (κ2) is 9.59. The topological polar surface area (TPSA) is 95.1 Å². The Morgan fingerprint density at radius 1 is 1.16 bits per heavy atom. The summed E-state index contributed by atoms with van der Waals surface area (Å²) in [6.07, 6.45) is 5.73. The maximum Gasteiger partial charge on any atom is 0.217 e. The highest BCUT2D eigenvalue weighted by molar-refractivity contribution is 5.73. The molecule has 1 amide bonds. The second-order valence-corrected chi connectivity index (χ2v) is 7.86. The first-order valence-corrected chi connectivity index (χ1v) is 10.6. The fraction of sp³-hybridized carbons (Fsp3) is 0.304. The van der Waals surface area contributed by atoms with Crippen molar-refractivity contribution in [3.8, 4) is 0 Å². The molecule has 0 aliphatic carbocycles. The lowest BCUT2D eigenvalue weighted by molar-refractivity contribution is -0.119. The largest absolute Gasteiger partial charge is 0.369 e. The monoisotopic (exact) mass is 435 g/mol. The second-order valence-electron chi connectivity index (χ2n) is 7.86. The van der Waals surface area contributed by atoms with Crippen molar-refractivity contribution < 1.29 is 9.18 Å². The smallest absolute Gasteiger partial charge is 0.217 e. The van der Waals surface area contributed by atoms with Crippen LogP contribution in [-0.2, 0) is 4.79 Å². The van der Waals surface area contributed by atoms with Crippen molar-refractivity contribution >= 4 is 29.0 Å². The maximum absolute atomic E-state index is 13.3. The van der Waals surface area contributed by atoms with Gasteiger partial charge in [-0.2, -0.15) is 0 Å². The van der Waals surface area contributed by atoms with Crippen molar-refractivity contribution in [1.29, 1.82) is 0 Å². The molecule has 0 spiro atoms. The number of hydrogen-bond donors (Lipinski definition) is 3. The van der Waals surface area contributed by atoms with Gasteiger partial charge in [-0.3, -0.25) is 9.78 Å². The summed E-state index contributed by atoms with van der Waals surface area (Å²) in [4.78, 5) is 26.7. The molecule has 3 heterocycles. The van der Waals surface area contributed by atoms with Gasteiger partial charge in [0.2, 0.25) is 5.91 Å². The Morgan fingerprint density at radius 2 is 1.94 bits per heavy atom. The molecular weight excluding hydrogens is 409 g/mol. The van der Waals surface area contributed by atoms with Gasteiger partial charge in [-0.05, 0) is 31.0 Å². The van der Waals surface area contributed by atoms with E-state index < -0.39 is 0 Å². The summed E-state index contributed by atoms with van der Waals surface area (Å²) in [5, 5.41) is 9.60. The minimum absolute atomic E-state index is 0.0212. The Bertz CT molecular complexity index is 1060. The molecule has 0 radical (unpaired) electrons. The molecule has 3 aromatic rings. The summed E-state index contributed by atoms with van der Waals surface area (Å²) in [5.74, 6) is 1.60. The molecule has 2 atom stereocenters. The molecule has 1 unspecified atom stereocenters. The summed E-state index contributed by atoms with van der Waals surface area (Å²) in [6, 6.07) is 10.4. The predicted octanol–water partition coefficient (Wildman–Crippen LogP) is 3.64. The summed E-state index contributed by atoms with van der Waals surface area (Å²) in [6.45, 7) is 5.09. The summed E-state index contributed by atoms with van der Waals surface area (Å²) in [5.41, 5.74) is 1.93. The number of aromatic nitrogens is 3. The van der Waals surface area contributed by atoms with Gasteiger partial charge in [0, 0.05) is 62.3 Å². The van der Waals surface area contributed by atoms with Crippen molar-refractivity contribution in [2.45, 2.75) is 32.4 Å². The van der Waals surface area contributed by atoms with Crippen LogP contribution in [0.4, 0.5) is 27.5 Å². The number of hydrogen-bond acceptors (Lipinski definition) is 7. The number of nitrogens with zero attached hydrogens (tertiary/aromatic N) is 4. The lowest BCUT2D eigenvalue weighted by Gasteiger charge is -2.22. The van der Waals surface area contributed by atoms with E-state index in [1.165, 1.54) is 19.1 Å². The standard InChI is InChI=1S/C23H26FN7O/c1-15(17-3-5-18(24)6-4-17)27-21-11-20(31-10-7-19(14-31)28-16(2)32)12-22(29-21)30-23-13-25-8-9-26-23/h3-6,8-9,11-13,15,19H,7,10,14H2,1-2H3,(H,28,32)(H2,26,27,29,30)/t15-,19?/m0/s1. The van der Waals surface area contributed by atoms with Gasteiger partial charge in [0.25, 0.3) is 0 Å². The van der Waals surface area contributed by atoms with Gasteiger partial charge >= 0.3 is 0 Å². The molecule has 2 aromatic heterocycles. The first kappa shape index (κ1) is 21.5. The zero-order chi connectivity index (χ0) is 22.5. The molecule has 3 N–H and O–H groups in total. The molecule has 1 aliphatic heterocycles. The normalized spacial score (nSPS) is 16.5. The Labute approximate surface area is 186 Å². The van der Waals surface area contributed by atoms with Crippen LogP contribution in [-0.4, -0.2) is 40.0 Å². The zero-order valence-corrected chi connectivity index (χ0v) is 18.0. The highest BCUT2D eigenvalue weighted by atomic mass is 19.1. The highest BCUT2D eigenvalue weighted by Crippen LogP contribution is 2.29. The van der Waals surface area contributed by atoms with E-state index in [9.17, 15) is 9.18 Å². The third kappa shape index (κ3) is 5.48. The third-order valence-electron chi connectivity index (χ3n) is 5.32. The molecule has 1 aliphatic rings. The summed E-state index contributed by atoms with van der Waals surface area (Å²) >= 11 is 0. The van der Waals surface area contributed by atoms with Gasteiger partial charge in [0.1, 0.15) is 23.3 Å². The maximum atomic E-state index is 13.3. The average Bonchev–Trinajstić information content (AvgIpc) is 3.22. The van der Waals surface area contributed by atoms with Gasteiger partial charge in [0.05, 0.1) is 6.20 Å². The van der Waals surface area contributed by atoms with E-state index in [0.29, 0.717) is 17.5 Å². The van der Waals surface area contributed by atoms with Gasteiger partial charge in [0.15, 0.2) is 0 Å². The summed E-state index contributed by atoms with van der Waals surface area (Å²) < 4.78 is 13.3. The molecule has 166 valence electrons. The fourth-order valence-electron chi connectivity index (χ4n) is 3.79. The fourth-order valence-corrected chi connectivity index (χ4v) is 3.79. The first-order valence-electron chi connectivity index (χ1n) is 10.6. The van der Waals surface area contributed by atoms with Gasteiger partial charge in [-0.1, -0.05) is 12.1 Å². The Kier molecular flexibility index (Phi) is 6.44. The molecule has 1 fully saturated rings. The molecular formula is C23H26FN7O. The van der Waals surface area contributed by atoms with Crippen LogP contribution in [0.25, 0.3) is 0 Å². The van der Waals surface area contributed by atoms with E-state index in [-0.39, 0.29) is 23.8 Å². The SMILES string of the molecule is CC(=O)NC1CCN(c2cc(Nc3cnccn3)nc(N[C@@H](C)c3ccc(F)cc3)c2)C1. The van der Waals surface area contributed by atoms with Crippen molar-refractivity contribution in [1.82, 2.24) is 20.3 Å². The number of pyridine rings is 1. The van der Waals surface area contributed by atoms with E-state index >= 15 is 0 Å². The van der Waals surface area contributed by atoms with E-state index in [1.807, 2.05) is 19.1 Å². The molecule has 1 saturated heterocycles. The highest BCUT2D eigenvalue weighted by Gasteiger charge is 2.24. The van der Waals surface area contributed by atoms with Gasteiger partial charge in [-0.15, -0.1) is 0 Å². The van der Waals surface area contributed by atoms with Crippen LogP contribution >= 0.6 is 0 Å². The lowest BCUT2D eigenvalue weighted by Crippen LogP contribution is -2.35. The van der Waals surface area contributed by atoms with Crippen LogP contribution in [0.5, 0.6) is 0 Å². The van der Waals surface area contributed by atoms with E-state index in [2.05, 4.69) is 30.8 Å². The molecule has 8 nitrogen and oxygen atoms in total. The molecule has 4 rings (SSSR count). The Balaban J connectivity index is 1.58. The van der Waals surface area contributed by atoms with E-state index in [0.717, 1.165) is 30.8 Å². The van der Waals surface area contributed by atoms with Crippen molar-refractivity contribution in [3.05, 3.63) is 66.4 Å². The van der Waals surface area contributed by atoms with Crippen LogP contribution < -0.4 is 20.9 Å². The number of halogens is 1. The number of amides is 1. The van der Waals surface area contributed by atoms with E-state index in [1.54, 1.807) is 30.7 Å². The first-order chi connectivity index (χ1) is 15.5. The zero-order valence-electron chi connectivity index (χ0n) is 18.0. The minimum Gasteiger partial charge on any atom is -0.369 e. The van der Waals surface area contributed by atoms with Crippen molar-refractivity contribution in [2.24, 2.45) is 0 Å². The Hall–Kier alpha value is -3.75. The van der Waals surface area contributed by atoms with Crippen LogP contribution in [0.15, 0.2) is 55.0 Å². The number of carbonyl (C=O) groups is 1. The van der Waals surface area contributed by atoms with Crippen molar-refractivity contribution in [3.63, 3.8) is 0 Å². The van der Waals surface area contributed by atoms with Crippen molar-refractivity contribution in [2.75, 3.05) is 28.6 Å². The van der Waals surface area contributed by atoms with Gasteiger partial charge in [-0.25, -0.2) is 14.4 Å². The molecule has 32 heavy (non-hydrogen) atoms. The number of nitrogens with one attached hydrogen (secondary N) is 3. The molecule has 9 heteroatoms. The molecule has 0 saturated carbocycles. The number of carbonyl (C=O) groups excluding carboxylic acids is 1. The average molecular weight is 436 g/mol. The Morgan fingerprint density at radius 3 is 2.66 bits per heavy atom. The number of anilines is 4. The van der Waals surface area contributed by atoms with Crippen LogP contribution in [0.2, 0.25) is 0 Å². The van der Waals surface area contributed by atoms with Crippen LogP contribution in [0, 0.1) is 5.82 Å². The summed E-state index contributed by atoms with van der Waals surface area (Å²) in [7, 11) is 0. The van der Waals surface area contributed by atoms with E-state index in [4.69, 9.17) is 4.98 Å². The quantitative estimate of drug-likeness (QED) is 0.521. The minimum atomic E-state index is -0.265. The molecule has 1 aromatic carbocycles. The predicted molar refractivity (Wildman–Crippen MR) is 122 cm³/mol. The van der Waals surface area contributed by atoms with Crippen LogP contribution in [0.1, 0.15) is 31.9 Å². The lowest BCUT2D eigenvalue weighted by atomic mass is 10.1. The van der Waals surface area contributed by atoms with Gasteiger partial charge < -0.3 is 20.9 Å². The molecule has 0 bridgehead atoms. The number of rotatable bonds is 7. The number of benzene rings is 1.